The largest absolute Gasteiger partial charge is 0.468 e. The predicted molar refractivity (Wildman–Crippen MR) is 62.3 cm³/mol. The molecule has 94 valence electrons. The average Bonchev–Trinajstić information content (AvgIpc) is 2.62. The fourth-order valence-electron chi connectivity index (χ4n) is 1.97. The monoisotopic (exact) mass is 229 g/mol. The molecule has 16 heavy (non-hydrogen) atoms. The molecule has 1 heterocycles. The Morgan fingerprint density at radius 2 is 2.19 bits per heavy atom. The number of ether oxygens (including phenoxy) is 2. The second kappa shape index (κ2) is 6.21. The molecule has 0 aromatic heterocycles. The van der Waals surface area contributed by atoms with Crippen LogP contribution in [0.3, 0.4) is 0 Å². The van der Waals surface area contributed by atoms with Crippen LogP contribution in [0.15, 0.2) is 0 Å². The average molecular weight is 229 g/mol. The molecular formula is C12H23NO3. The number of hydrogen-bond donors (Lipinski definition) is 0. The van der Waals surface area contributed by atoms with Crippen molar-refractivity contribution in [2.24, 2.45) is 0 Å². The molecule has 0 aliphatic carbocycles. The summed E-state index contributed by atoms with van der Waals surface area (Å²) >= 11 is 0. The van der Waals surface area contributed by atoms with Gasteiger partial charge in [-0.15, -0.1) is 0 Å². The van der Waals surface area contributed by atoms with Crippen LogP contribution >= 0.6 is 0 Å². The normalized spacial score (nSPS) is 25.4. The lowest BCUT2D eigenvalue weighted by Crippen LogP contribution is -2.41. The molecule has 0 saturated carbocycles. The van der Waals surface area contributed by atoms with Gasteiger partial charge in [-0.2, -0.15) is 0 Å². The summed E-state index contributed by atoms with van der Waals surface area (Å²) in [7, 11) is 1.43. The van der Waals surface area contributed by atoms with E-state index in [0.29, 0.717) is 18.7 Å². The third kappa shape index (κ3) is 4.10. The highest BCUT2D eigenvalue weighted by Crippen LogP contribution is 2.20. The lowest BCUT2D eigenvalue weighted by Gasteiger charge is -2.27. The first-order chi connectivity index (χ1) is 7.52. The number of nitrogens with zero attached hydrogens (tertiary/aromatic N) is 1. The molecule has 0 amide bonds. The van der Waals surface area contributed by atoms with Gasteiger partial charge in [0.25, 0.3) is 0 Å². The first-order valence-electron chi connectivity index (χ1n) is 5.99. The van der Waals surface area contributed by atoms with Gasteiger partial charge < -0.3 is 9.47 Å². The Kier molecular flexibility index (Phi) is 5.22. The summed E-state index contributed by atoms with van der Waals surface area (Å²) in [6.45, 7) is 7.43. The molecule has 0 N–H and O–H groups in total. The zero-order valence-electron chi connectivity index (χ0n) is 10.7. The van der Waals surface area contributed by atoms with Crippen LogP contribution in [0.1, 0.15) is 33.6 Å². The second-order valence-electron chi connectivity index (χ2n) is 4.75. The summed E-state index contributed by atoms with van der Waals surface area (Å²) in [5, 5.41) is 0. The SMILES string of the molecule is COC(=O)CN(CC1CCC(C)O1)C(C)C. The van der Waals surface area contributed by atoms with E-state index in [0.717, 1.165) is 19.4 Å². The zero-order valence-corrected chi connectivity index (χ0v) is 10.7. The summed E-state index contributed by atoms with van der Waals surface area (Å²) in [5.74, 6) is -0.181. The zero-order chi connectivity index (χ0) is 12.1. The molecule has 2 atom stereocenters. The maximum Gasteiger partial charge on any atom is 0.319 e. The van der Waals surface area contributed by atoms with Gasteiger partial charge in [0.05, 0.1) is 25.9 Å². The van der Waals surface area contributed by atoms with E-state index in [1.165, 1.54) is 7.11 Å². The molecule has 1 rings (SSSR count). The van der Waals surface area contributed by atoms with Gasteiger partial charge in [0.15, 0.2) is 0 Å². The van der Waals surface area contributed by atoms with Gasteiger partial charge in [0, 0.05) is 12.6 Å². The molecule has 1 fully saturated rings. The van der Waals surface area contributed by atoms with Crippen molar-refractivity contribution in [1.29, 1.82) is 0 Å². The van der Waals surface area contributed by atoms with Gasteiger partial charge in [-0.3, -0.25) is 9.69 Å². The molecule has 0 aromatic rings. The molecule has 0 bridgehead atoms. The van der Waals surface area contributed by atoms with Crippen LogP contribution in [0.4, 0.5) is 0 Å². The Balaban J connectivity index is 2.41. The molecule has 0 radical (unpaired) electrons. The van der Waals surface area contributed by atoms with Crippen LogP contribution in [-0.2, 0) is 14.3 Å². The van der Waals surface area contributed by atoms with Gasteiger partial charge in [0.2, 0.25) is 0 Å². The minimum Gasteiger partial charge on any atom is -0.468 e. The summed E-state index contributed by atoms with van der Waals surface area (Å²) in [4.78, 5) is 13.4. The molecule has 0 spiro atoms. The standard InChI is InChI=1S/C12H23NO3/c1-9(2)13(8-12(14)15-4)7-11-6-5-10(3)16-11/h9-11H,5-8H2,1-4H3. The van der Waals surface area contributed by atoms with Crippen molar-refractivity contribution < 1.29 is 14.3 Å². The van der Waals surface area contributed by atoms with Gasteiger partial charge in [-0.05, 0) is 33.6 Å². The first kappa shape index (κ1) is 13.5. The summed E-state index contributed by atoms with van der Waals surface area (Å²) in [5.41, 5.74) is 0. The lowest BCUT2D eigenvalue weighted by molar-refractivity contribution is -0.142. The van der Waals surface area contributed by atoms with Crippen LogP contribution in [0.2, 0.25) is 0 Å². The van der Waals surface area contributed by atoms with Crippen LogP contribution < -0.4 is 0 Å². The van der Waals surface area contributed by atoms with Gasteiger partial charge in [-0.25, -0.2) is 0 Å². The van der Waals surface area contributed by atoms with Crippen LogP contribution in [0, 0.1) is 0 Å². The van der Waals surface area contributed by atoms with Gasteiger partial charge in [-0.1, -0.05) is 0 Å². The van der Waals surface area contributed by atoms with Crippen molar-refractivity contribution in [2.45, 2.75) is 51.9 Å². The maximum absolute atomic E-state index is 11.3. The van der Waals surface area contributed by atoms with Gasteiger partial charge in [0.1, 0.15) is 0 Å². The molecule has 4 nitrogen and oxygen atoms in total. The molecule has 2 unspecified atom stereocenters. The van der Waals surface area contributed by atoms with Crippen LogP contribution in [0.5, 0.6) is 0 Å². The van der Waals surface area contributed by atoms with E-state index in [1.54, 1.807) is 0 Å². The quantitative estimate of drug-likeness (QED) is 0.669. The van der Waals surface area contributed by atoms with E-state index in [9.17, 15) is 4.79 Å². The van der Waals surface area contributed by atoms with Crippen LogP contribution in [-0.4, -0.2) is 49.3 Å². The predicted octanol–water partition coefficient (Wildman–Crippen LogP) is 1.44. The van der Waals surface area contributed by atoms with Gasteiger partial charge >= 0.3 is 5.97 Å². The van der Waals surface area contributed by atoms with E-state index in [-0.39, 0.29) is 12.1 Å². The fourth-order valence-corrected chi connectivity index (χ4v) is 1.97. The Morgan fingerprint density at radius 1 is 1.50 bits per heavy atom. The number of rotatable bonds is 5. The Hall–Kier alpha value is -0.610. The van der Waals surface area contributed by atoms with E-state index >= 15 is 0 Å². The van der Waals surface area contributed by atoms with Crippen molar-refractivity contribution in [2.75, 3.05) is 20.2 Å². The van der Waals surface area contributed by atoms with Crippen molar-refractivity contribution in [3.63, 3.8) is 0 Å². The third-order valence-electron chi connectivity index (χ3n) is 3.05. The minimum atomic E-state index is -0.181. The summed E-state index contributed by atoms with van der Waals surface area (Å²) in [6.07, 6.45) is 2.83. The summed E-state index contributed by atoms with van der Waals surface area (Å²) in [6, 6.07) is 0.332. The number of carbonyl (C=O) groups is 1. The Bertz CT molecular complexity index is 230. The van der Waals surface area contributed by atoms with E-state index < -0.39 is 0 Å². The number of esters is 1. The molecule has 4 heteroatoms. The Labute approximate surface area is 97.9 Å². The molecule has 1 saturated heterocycles. The van der Waals surface area contributed by atoms with Crippen molar-refractivity contribution in [1.82, 2.24) is 4.90 Å². The topological polar surface area (TPSA) is 38.8 Å². The van der Waals surface area contributed by atoms with Crippen molar-refractivity contribution in [3.05, 3.63) is 0 Å². The molecule has 0 aromatic carbocycles. The number of hydrogen-bond acceptors (Lipinski definition) is 4. The highest BCUT2D eigenvalue weighted by atomic mass is 16.5. The third-order valence-corrected chi connectivity index (χ3v) is 3.05. The second-order valence-corrected chi connectivity index (χ2v) is 4.75. The number of carbonyl (C=O) groups excluding carboxylic acids is 1. The highest BCUT2D eigenvalue weighted by molar-refractivity contribution is 5.71. The lowest BCUT2D eigenvalue weighted by atomic mass is 10.2. The van der Waals surface area contributed by atoms with E-state index in [1.807, 2.05) is 0 Å². The first-order valence-corrected chi connectivity index (χ1v) is 5.99. The molecule has 1 aliphatic heterocycles. The smallest absolute Gasteiger partial charge is 0.319 e. The summed E-state index contributed by atoms with van der Waals surface area (Å²) < 4.78 is 10.5. The fraction of sp³-hybridized carbons (Fsp3) is 0.917. The van der Waals surface area contributed by atoms with E-state index in [4.69, 9.17) is 9.47 Å². The highest BCUT2D eigenvalue weighted by Gasteiger charge is 2.25. The maximum atomic E-state index is 11.3. The van der Waals surface area contributed by atoms with Crippen molar-refractivity contribution >= 4 is 5.97 Å². The van der Waals surface area contributed by atoms with Crippen LogP contribution in [0.25, 0.3) is 0 Å². The van der Waals surface area contributed by atoms with E-state index in [2.05, 4.69) is 25.7 Å². The van der Waals surface area contributed by atoms with Crippen molar-refractivity contribution in [3.8, 4) is 0 Å². The minimum absolute atomic E-state index is 0.181. The Morgan fingerprint density at radius 3 is 2.62 bits per heavy atom. The molecular weight excluding hydrogens is 206 g/mol. The molecule has 1 aliphatic rings. The number of methoxy groups -OCH3 is 1.